The zero-order valence-corrected chi connectivity index (χ0v) is 10.3. The molecule has 3 N–H and O–H groups in total. The lowest BCUT2D eigenvalue weighted by Crippen LogP contribution is -2.24. The van der Waals surface area contributed by atoms with Crippen LogP contribution >= 0.6 is 0 Å². The molecular weight excluding hydrogens is 246 g/mol. The van der Waals surface area contributed by atoms with E-state index < -0.39 is 5.97 Å². The molecule has 0 saturated carbocycles. The van der Waals surface area contributed by atoms with Crippen LogP contribution < -0.4 is 5.32 Å². The molecule has 100 valence electrons. The van der Waals surface area contributed by atoms with Crippen molar-refractivity contribution in [2.24, 2.45) is 0 Å². The molecular formula is C13H15N3O3. The second-order valence-corrected chi connectivity index (χ2v) is 4.28. The first-order valence-corrected chi connectivity index (χ1v) is 6.10. The predicted octanol–water partition coefficient (Wildman–Crippen LogP) is 1.55. The van der Waals surface area contributed by atoms with Gasteiger partial charge < -0.3 is 10.4 Å². The van der Waals surface area contributed by atoms with Crippen molar-refractivity contribution in [1.82, 2.24) is 15.5 Å². The van der Waals surface area contributed by atoms with Crippen molar-refractivity contribution in [3.05, 3.63) is 30.0 Å². The van der Waals surface area contributed by atoms with Crippen LogP contribution in [0.2, 0.25) is 0 Å². The third kappa shape index (κ3) is 3.54. The highest BCUT2D eigenvalue weighted by molar-refractivity contribution is 5.97. The van der Waals surface area contributed by atoms with Crippen LogP contribution in [0.1, 0.15) is 29.6 Å². The smallest absolute Gasteiger partial charge is 0.303 e. The van der Waals surface area contributed by atoms with Gasteiger partial charge in [-0.25, -0.2) is 0 Å². The molecule has 0 aliphatic heterocycles. The zero-order chi connectivity index (χ0) is 13.7. The van der Waals surface area contributed by atoms with Gasteiger partial charge in [0.25, 0.3) is 5.91 Å². The summed E-state index contributed by atoms with van der Waals surface area (Å²) in [6, 6.07) is 5.32. The first-order valence-electron chi connectivity index (χ1n) is 6.10. The fourth-order valence-electron chi connectivity index (χ4n) is 1.78. The maximum Gasteiger partial charge on any atom is 0.303 e. The zero-order valence-electron chi connectivity index (χ0n) is 10.3. The van der Waals surface area contributed by atoms with Crippen LogP contribution in [0.3, 0.4) is 0 Å². The Bertz CT molecular complexity index is 592. The minimum Gasteiger partial charge on any atom is -0.481 e. The van der Waals surface area contributed by atoms with Crippen LogP contribution in [-0.4, -0.2) is 33.7 Å². The number of H-pyrrole nitrogens is 1. The van der Waals surface area contributed by atoms with E-state index in [0.717, 1.165) is 10.9 Å². The van der Waals surface area contributed by atoms with E-state index in [1.165, 1.54) is 0 Å². The Labute approximate surface area is 109 Å². The van der Waals surface area contributed by atoms with Gasteiger partial charge in [-0.2, -0.15) is 5.10 Å². The van der Waals surface area contributed by atoms with Crippen LogP contribution in [0.4, 0.5) is 0 Å². The Kier molecular flexibility index (Phi) is 4.12. The molecule has 1 aromatic heterocycles. The molecule has 1 aromatic carbocycles. The summed E-state index contributed by atoms with van der Waals surface area (Å²) >= 11 is 0. The first-order chi connectivity index (χ1) is 9.16. The number of unbranched alkanes of at least 4 members (excludes halogenated alkanes) is 1. The van der Waals surface area contributed by atoms with Gasteiger partial charge in [-0.1, -0.05) is 6.07 Å². The summed E-state index contributed by atoms with van der Waals surface area (Å²) in [5.74, 6) is -0.970. The monoisotopic (exact) mass is 261 g/mol. The molecule has 0 bridgehead atoms. The van der Waals surface area contributed by atoms with E-state index in [-0.39, 0.29) is 12.3 Å². The number of fused-ring (bicyclic) bond motifs is 1. The molecule has 2 aromatic rings. The highest BCUT2D eigenvalue weighted by Gasteiger charge is 2.06. The number of nitrogens with zero attached hydrogens (tertiary/aromatic N) is 1. The number of carbonyl (C=O) groups excluding carboxylic acids is 1. The number of amides is 1. The number of hydrogen-bond acceptors (Lipinski definition) is 3. The summed E-state index contributed by atoms with van der Waals surface area (Å²) in [7, 11) is 0. The number of carbonyl (C=O) groups is 2. The average Bonchev–Trinajstić information content (AvgIpc) is 2.84. The van der Waals surface area contributed by atoms with Crippen LogP contribution in [-0.2, 0) is 4.79 Å². The summed E-state index contributed by atoms with van der Waals surface area (Å²) < 4.78 is 0. The number of benzene rings is 1. The Morgan fingerprint density at radius 1 is 1.32 bits per heavy atom. The van der Waals surface area contributed by atoms with Gasteiger partial charge in [0, 0.05) is 23.9 Å². The van der Waals surface area contributed by atoms with Crippen molar-refractivity contribution in [2.75, 3.05) is 6.54 Å². The van der Waals surface area contributed by atoms with Crippen molar-refractivity contribution in [1.29, 1.82) is 0 Å². The Morgan fingerprint density at radius 2 is 2.16 bits per heavy atom. The molecule has 19 heavy (non-hydrogen) atoms. The number of carboxylic acids is 1. The van der Waals surface area contributed by atoms with Gasteiger partial charge in [0.05, 0.1) is 11.7 Å². The Morgan fingerprint density at radius 3 is 2.95 bits per heavy atom. The van der Waals surface area contributed by atoms with Gasteiger partial charge in [-0.3, -0.25) is 14.7 Å². The maximum atomic E-state index is 11.8. The highest BCUT2D eigenvalue weighted by Crippen LogP contribution is 2.12. The van der Waals surface area contributed by atoms with E-state index in [0.29, 0.717) is 24.9 Å². The second kappa shape index (κ2) is 5.99. The van der Waals surface area contributed by atoms with Crippen LogP contribution in [0, 0.1) is 0 Å². The summed E-state index contributed by atoms with van der Waals surface area (Å²) in [6.07, 6.45) is 3.05. The van der Waals surface area contributed by atoms with E-state index in [2.05, 4.69) is 15.5 Å². The lowest BCUT2D eigenvalue weighted by Gasteiger charge is -2.04. The van der Waals surface area contributed by atoms with Gasteiger partial charge in [-0.15, -0.1) is 0 Å². The number of aromatic amines is 1. The minimum absolute atomic E-state index is 0.135. The van der Waals surface area contributed by atoms with Crippen molar-refractivity contribution >= 4 is 22.8 Å². The normalized spacial score (nSPS) is 10.5. The number of nitrogens with one attached hydrogen (secondary N) is 2. The third-order valence-electron chi connectivity index (χ3n) is 2.81. The standard InChI is InChI=1S/C13H15N3O3/c17-12(18)3-1-2-6-14-13(19)9-4-5-10-8-15-16-11(10)7-9/h4-5,7-8H,1-3,6H2,(H,14,19)(H,15,16)(H,17,18). The number of hydrogen-bond donors (Lipinski definition) is 3. The second-order valence-electron chi connectivity index (χ2n) is 4.28. The number of carboxylic acid groups (broad SMARTS) is 1. The van der Waals surface area contributed by atoms with Crippen LogP contribution in [0.15, 0.2) is 24.4 Å². The molecule has 6 nitrogen and oxygen atoms in total. The molecule has 0 fully saturated rings. The van der Waals surface area contributed by atoms with Gasteiger partial charge in [0.15, 0.2) is 0 Å². The van der Waals surface area contributed by atoms with E-state index in [1.807, 2.05) is 6.07 Å². The number of aliphatic carboxylic acids is 1. The number of aromatic nitrogens is 2. The van der Waals surface area contributed by atoms with Gasteiger partial charge in [0.2, 0.25) is 0 Å². The van der Waals surface area contributed by atoms with Crippen LogP contribution in [0.5, 0.6) is 0 Å². The Hall–Kier alpha value is -2.37. The van der Waals surface area contributed by atoms with Gasteiger partial charge >= 0.3 is 5.97 Å². The summed E-state index contributed by atoms with van der Waals surface area (Å²) in [5.41, 5.74) is 1.38. The van der Waals surface area contributed by atoms with Gasteiger partial charge in [0.1, 0.15) is 0 Å². The van der Waals surface area contributed by atoms with Crippen molar-refractivity contribution in [2.45, 2.75) is 19.3 Å². The molecule has 6 heteroatoms. The summed E-state index contributed by atoms with van der Waals surface area (Å²) in [5, 5.41) is 18.9. The van der Waals surface area contributed by atoms with E-state index in [9.17, 15) is 9.59 Å². The lowest BCUT2D eigenvalue weighted by molar-refractivity contribution is -0.137. The molecule has 0 atom stereocenters. The summed E-state index contributed by atoms with van der Waals surface area (Å²) in [6.45, 7) is 0.479. The van der Waals surface area contributed by atoms with Crippen LogP contribution in [0.25, 0.3) is 10.9 Å². The number of rotatable bonds is 6. The lowest BCUT2D eigenvalue weighted by atomic mass is 10.1. The molecule has 0 spiro atoms. The van der Waals surface area contributed by atoms with E-state index in [1.54, 1.807) is 18.3 Å². The largest absolute Gasteiger partial charge is 0.481 e. The average molecular weight is 261 g/mol. The molecule has 0 radical (unpaired) electrons. The molecule has 0 aliphatic rings. The molecule has 0 saturated heterocycles. The van der Waals surface area contributed by atoms with Crippen molar-refractivity contribution in [3.8, 4) is 0 Å². The quantitative estimate of drug-likeness (QED) is 0.687. The SMILES string of the molecule is O=C(O)CCCCNC(=O)c1ccc2cn[nH]c2c1. The molecule has 1 heterocycles. The first kappa shape index (κ1) is 13.1. The predicted molar refractivity (Wildman–Crippen MR) is 69.9 cm³/mol. The Balaban J connectivity index is 1.84. The molecule has 0 unspecified atom stereocenters. The molecule has 0 aliphatic carbocycles. The van der Waals surface area contributed by atoms with E-state index >= 15 is 0 Å². The fraction of sp³-hybridized carbons (Fsp3) is 0.308. The molecule has 1 amide bonds. The molecule has 2 rings (SSSR count). The maximum absolute atomic E-state index is 11.8. The highest BCUT2D eigenvalue weighted by atomic mass is 16.4. The fourth-order valence-corrected chi connectivity index (χ4v) is 1.78. The van der Waals surface area contributed by atoms with Crippen molar-refractivity contribution in [3.63, 3.8) is 0 Å². The van der Waals surface area contributed by atoms with Gasteiger partial charge in [-0.05, 0) is 25.0 Å². The topological polar surface area (TPSA) is 95.1 Å². The minimum atomic E-state index is -0.809. The van der Waals surface area contributed by atoms with Crippen molar-refractivity contribution < 1.29 is 14.7 Å². The third-order valence-corrected chi connectivity index (χ3v) is 2.81. The summed E-state index contributed by atoms with van der Waals surface area (Å²) in [4.78, 5) is 22.2. The van der Waals surface area contributed by atoms with E-state index in [4.69, 9.17) is 5.11 Å².